The van der Waals surface area contributed by atoms with Gasteiger partial charge in [-0.05, 0) is 51.2 Å². The van der Waals surface area contributed by atoms with E-state index in [0.717, 1.165) is 18.4 Å². The molecular weight excluding hydrogens is 262 g/mol. The van der Waals surface area contributed by atoms with Crippen LogP contribution in [0.15, 0.2) is 58.7 Å². The molecule has 0 aromatic carbocycles. The van der Waals surface area contributed by atoms with E-state index in [4.69, 9.17) is 10.8 Å². The van der Waals surface area contributed by atoms with Gasteiger partial charge in [0.05, 0.1) is 0 Å². The van der Waals surface area contributed by atoms with E-state index in [0.29, 0.717) is 5.57 Å². The molecule has 1 unspecified atom stereocenters. The SMILES string of the molecule is CC1=C(/C=C/C(C)=C/C=C/C(C)=C/C(=O)O)C(N)CCC1. The first-order valence-corrected chi connectivity index (χ1v) is 7.29. The van der Waals surface area contributed by atoms with Crippen molar-refractivity contribution in [2.75, 3.05) is 0 Å². The molecule has 0 fully saturated rings. The number of hydrogen-bond acceptors (Lipinski definition) is 2. The Labute approximate surface area is 127 Å². The number of carbonyl (C=O) groups is 1. The fraction of sp³-hybridized carbons (Fsp3) is 0.389. The van der Waals surface area contributed by atoms with E-state index < -0.39 is 5.97 Å². The molecule has 1 rings (SSSR count). The fourth-order valence-electron chi connectivity index (χ4n) is 2.34. The average molecular weight is 287 g/mol. The van der Waals surface area contributed by atoms with Gasteiger partial charge in [-0.15, -0.1) is 0 Å². The van der Waals surface area contributed by atoms with Gasteiger partial charge in [-0.1, -0.05) is 41.5 Å². The number of nitrogens with two attached hydrogens (primary N) is 1. The van der Waals surface area contributed by atoms with E-state index in [1.807, 2.05) is 19.1 Å². The van der Waals surface area contributed by atoms with Crippen molar-refractivity contribution in [3.8, 4) is 0 Å². The van der Waals surface area contributed by atoms with E-state index in [-0.39, 0.29) is 6.04 Å². The van der Waals surface area contributed by atoms with Crippen LogP contribution < -0.4 is 5.73 Å². The molecule has 0 saturated carbocycles. The number of carboxylic acid groups (broad SMARTS) is 1. The Hall–Kier alpha value is -1.87. The van der Waals surface area contributed by atoms with Crippen molar-refractivity contribution in [1.82, 2.24) is 0 Å². The molecule has 0 spiro atoms. The van der Waals surface area contributed by atoms with Gasteiger partial charge in [0.15, 0.2) is 0 Å². The van der Waals surface area contributed by atoms with E-state index in [1.54, 1.807) is 13.0 Å². The molecule has 0 radical (unpaired) electrons. The first-order valence-electron chi connectivity index (χ1n) is 7.29. The second-order valence-corrected chi connectivity index (χ2v) is 5.56. The quantitative estimate of drug-likeness (QED) is 0.595. The summed E-state index contributed by atoms with van der Waals surface area (Å²) in [5.74, 6) is -0.925. The third-order valence-electron chi connectivity index (χ3n) is 3.55. The van der Waals surface area contributed by atoms with Gasteiger partial charge in [0.2, 0.25) is 0 Å². The van der Waals surface area contributed by atoms with Crippen LogP contribution in [0.2, 0.25) is 0 Å². The van der Waals surface area contributed by atoms with Crippen LogP contribution in [0.3, 0.4) is 0 Å². The first-order chi connectivity index (χ1) is 9.90. The lowest BCUT2D eigenvalue weighted by atomic mass is 9.88. The molecule has 3 N–H and O–H groups in total. The summed E-state index contributed by atoms with van der Waals surface area (Å²) in [5, 5.41) is 8.62. The Balaban J connectivity index is 2.70. The smallest absolute Gasteiger partial charge is 0.328 e. The van der Waals surface area contributed by atoms with Crippen molar-refractivity contribution in [3.63, 3.8) is 0 Å². The van der Waals surface area contributed by atoms with Gasteiger partial charge in [0.1, 0.15) is 0 Å². The highest BCUT2D eigenvalue weighted by molar-refractivity contribution is 5.81. The van der Waals surface area contributed by atoms with Gasteiger partial charge in [-0.3, -0.25) is 0 Å². The summed E-state index contributed by atoms with van der Waals surface area (Å²) in [6, 6.07) is 0.152. The van der Waals surface area contributed by atoms with E-state index in [1.165, 1.54) is 23.6 Å². The highest BCUT2D eigenvalue weighted by Gasteiger charge is 2.14. The van der Waals surface area contributed by atoms with Crippen molar-refractivity contribution in [2.24, 2.45) is 5.73 Å². The molecule has 3 nitrogen and oxygen atoms in total. The molecular formula is C18H25NO2. The zero-order valence-corrected chi connectivity index (χ0v) is 13.1. The lowest BCUT2D eigenvalue weighted by Crippen LogP contribution is -2.25. The lowest BCUT2D eigenvalue weighted by molar-refractivity contribution is -0.131. The summed E-state index contributed by atoms with van der Waals surface area (Å²) in [7, 11) is 0. The Morgan fingerprint density at radius 1 is 1.29 bits per heavy atom. The van der Waals surface area contributed by atoms with Crippen LogP contribution in [0.25, 0.3) is 0 Å². The summed E-state index contributed by atoms with van der Waals surface area (Å²) in [6.07, 6.45) is 14.3. The van der Waals surface area contributed by atoms with Crippen LogP contribution in [0.5, 0.6) is 0 Å². The van der Waals surface area contributed by atoms with Crippen molar-refractivity contribution in [2.45, 2.75) is 46.1 Å². The van der Waals surface area contributed by atoms with Crippen LogP contribution in [0.1, 0.15) is 40.0 Å². The molecule has 0 saturated heterocycles. The Bertz CT molecular complexity index is 533. The third kappa shape index (κ3) is 6.41. The molecule has 3 heteroatoms. The maximum absolute atomic E-state index is 10.5. The van der Waals surface area contributed by atoms with Gasteiger partial charge >= 0.3 is 5.97 Å². The molecule has 1 atom stereocenters. The Morgan fingerprint density at radius 3 is 2.62 bits per heavy atom. The Morgan fingerprint density at radius 2 is 2.00 bits per heavy atom. The van der Waals surface area contributed by atoms with Crippen molar-refractivity contribution < 1.29 is 9.90 Å². The van der Waals surface area contributed by atoms with Gasteiger partial charge in [0.25, 0.3) is 0 Å². The molecule has 21 heavy (non-hydrogen) atoms. The van der Waals surface area contributed by atoms with Gasteiger partial charge in [0, 0.05) is 12.1 Å². The van der Waals surface area contributed by atoms with Crippen molar-refractivity contribution >= 4 is 5.97 Å². The van der Waals surface area contributed by atoms with Crippen LogP contribution in [-0.4, -0.2) is 17.1 Å². The number of rotatable bonds is 5. The molecule has 0 bridgehead atoms. The second kappa shape index (κ2) is 8.42. The Kier molecular flexibility index (Phi) is 6.89. The zero-order valence-electron chi connectivity index (χ0n) is 13.1. The standard InChI is InChI=1S/C18H25NO2/c1-13(6-4-7-14(2)12-18(20)21)10-11-16-15(3)8-5-9-17(16)19/h4,6-7,10-12,17H,5,8-9,19H2,1-3H3,(H,20,21)/b7-4+,11-10+,13-6+,14-12+. The van der Waals surface area contributed by atoms with Gasteiger partial charge in [-0.25, -0.2) is 4.79 Å². The number of allylic oxidation sites excluding steroid dienone is 7. The van der Waals surface area contributed by atoms with E-state index >= 15 is 0 Å². The van der Waals surface area contributed by atoms with Gasteiger partial charge in [-0.2, -0.15) is 0 Å². The minimum atomic E-state index is -0.925. The minimum absolute atomic E-state index is 0.152. The lowest BCUT2D eigenvalue weighted by Gasteiger charge is -2.21. The highest BCUT2D eigenvalue weighted by atomic mass is 16.4. The first kappa shape index (κ1) is 17.2. The second-order valence-electron chi connectivity index (χ2n) is 5.56. The molecule has 1 aliphatic carbocycles. The highest BCUT2D eigenvalue weighted by Crippen LogP contribution is 2.24. The maximum Gasteiger partial charge on any atom is 0.328 e. The number of aliphatic carboxylic acids is 1. The fourth-order valence-corrected chi connectivity index (χ4v) is 2.34. The van der Waals surface area contributed by atoms with E-state index in [2.05, 4.69) is 19.1 Å². The minimum Gasteiger partial charge on any atom is -0.478 e. The van der Waals surface area contributed by atoms with Crippen molar-refractivity contribution in [1.29, 1.82) is 0 Å². The van der Waals surface area contributed by atoms with Crippen LogP contribution in [-0.2, 0) is 4.79 Å². The summed E-state index contributed by atoms with van der Waals surface area (Å²) < 4.78 is 0. The summed E-state index contributed by atoms with van der Waals surface area (Å²) in [6.45, 7) is 5.93. The summed E-state index contributed by atoms with van der Waals surface area (Å²) in [5.41, 5.74) is 10.6. The normalized spacial score (nSPS) is 21.6. The predicted molar refractivity (Wildman–Crippen MR) is 88.0 cm³/mol. The summed E-state index contributed by atoms with van der Waals surface area (Å²) >= 11 is 0. The van der Waals surface area contributed by atoms with E-state index in [9.17, 15) is 4.79 Å². The van der Waals surface area contributed by atoms with Crippen LogP contribution >= 0.6 is 0 Å². The maximum atomic E-state index is 10.5. The monoisotopic (exact) mass is 287 g/mol. The molecule has 0 aliphatic heterocycles. The molecule has 1 aliphatic rings. The molecule has 0 heterocycles. The molecule has 0 aromatic rings. The molecule has 0 aromatic heterocycles. The summed E-state index contributed by atoms with van der Waals surface area (Å²) in [4.78, 5) is 10.5. The molecule has 114 valence electrons. The van der Waals surface area contributed by atoms with Crippen LogP contribution in [0.4, 0.5) is 0 Å². The third-order valence-corrected chi connectivity index (χ3v) is 3.55. The van der Waals surface area contributed by atoms with Crippen LogP contribution in [0, 0.1) is 0 Å². The predicted octanol–water partition coefficient (Wildman–Crippen LogP) is 3.90. The topological polar surface area (TPSA) is 63.3 Å². The number of hydrogen-bond donors (Lipinski definition) is 2. The average Bonchev–Trinajstić information content (AvgIpc) is 2.37. The van der Waals surface area contributed by atoms with Gasteiger partial charge < -0.3 is 10.8 Å². The van der Waals surface area contributed by atoms with Crippen molar-refractivity contribution in [3.05, 3.63) is 58.7 Å². The zero-order chi connectivity index (χ0) is 15.8. The molecule has 0 amide bonds. The largest absolute Gasteiger partial charge is 0.478 e. The number of carboxylic acids is 1.